The summed E-state index contributed by atoms with van der Waals surface area (Å²) in [7, 11) is 0. The first-order valence-electron chi connectivity index (χ1n) is 5.18. The maximum atomic E-state index is 11.3. The van der Waals surface area contributed by atoms with Crippen LogP contribution in [0.4, 0.5) is 0 Å². The highest BCUT2D eigenvalue weighted by atomic mass is 32.2. The zero-order chi connectivity index (χ0) is 11.2. The van der Waals surface area contributed by atoms with Gasteiger partial charge in [-0.05, 0) is 20.8 Å². The molecule has 0 aliphatic heterocycles. The van der Waals surface area contributed by atoms with Gasteiger partial charge in [-0.15, -0.1) is 0 Å². The van der Waals surface area contributed by atoms with Crippen molar-refractivity contribution >= 4 is 17.5 Å². The highest BCUT2D eigenvalue weighted by Gasteiger charge is 2.09. The molecule has 0 aromatic carbocycles. The van der Waals surface area contributed by atoms with Crippen molar-refractivity contribution in [2.24, 2.45) is 5.92 Å². The van der Waals surface area contributed by atoms with Gasteiger partial charge in [0.15, 0.2) is 0 Å². The monoisotopic (exact) mass is 217 g/mol. The smallest absolute Gasteiger partial charge is 0.145 e. The molecule has 2 nitrogen and oxygen atoms in total. The fourth-order valence-electron chi connectivity index (χ4n) is 0.838. The zero-order valence-electron chi connectivity index (χ0n) is 10.0. The van der Waals surface area contributed by atoms with Crippen molar-refractivity contribution in [3.8, 4) is 0 Å². The van der Waals surface area contributed by atoms with Crippen LogP contribution >= 0.6 is 11.8 Å². The van der Waals surface area contributed by atoms with E-state index in [4.69, 9.17) is 0 Å². The maximum absolute atomic E-state index is 11.3. The summed E-state index contributed by atoms with van der Waals surface area (Å²) in [5.74, 6) is 2.20. The highest BCUT2D eigenvalue weighted by molar-refractivity contribution is 7.99. The lowest BCUT2D eigenvalue weighted by Gasteiger charge is -2.20. The molecule has 0 aromatic heterocycles. The van der Waals surface area contributed by atoms with E-state index in [2.05, 4.69) is 26.1 Å². The van der Waals surface area contributed by atoms with Gasteiger partial charge < -0.3 is 5.32 Å². The Kier molecular flexibility index (Phi) is 6.45. The molecule has 0 bridgehead atoms. The van der Waals surface area contributed by atoms with Crippen molar-refractivity contribution in [2.75, 3.05) is 18.1 Å². The first-order chi connectivity index (χ1) is 6.33. The Balaban J connectivity index is 3.35. The minimum Gasteiger partial charge on any atom is -0.311 e. The summed E-state index contributed by atoms with van der Waals surface area (Å²) < 4.78 is 0. The van der Waals surface area contributed by atoms with Crippen LogP contribution in [-0.2, 0) is 4.79 Å². The largest absolute Gasteiger partial charge is 0.311 e. The minimum atomic E-state index is 0.179. The van der Waals surface area contributed by atoms with E-state index in [9.17, 15) is 4.79 Å². The summed E-state index contributed by atoms with van der Waals surface area (Å²) in [6, 6.07) is 0. The first-order valence-corrected chi connectivity index (χ1v) is 6.34. The van der Waals surface area contributed by atoms with Crippen LogP contribution in [0.3, 0.4) is 0 Å². The molecule has 0 amide bonds. The molecule has 0 fully saturated rings. The number of carbonyl (C=O) groups excluding carboxylic acids is 1. The molecule has 0 aliphatic rings. The van der Waals surface area contributed by atoms with E-state index < -0.39 is 0 Å². The van der Waals surface area contributed by atoms with Crippen molar-refractivity contribution in [3.05, 3.63) is 0 Å². The van der Waals surface area contributed by atoms with Gasteiger partial charge >= 0.3 is 0 Å². The van der Waals surface area contributed by atoms with Gasteiger partial charge in [-0.1, -0.05) is 13.8 Å². The van der Waals surface area contributed by atoms with Crippen LogP contribution in [0.25, 0.3) is 0 Å². The Bertz CT molecular complexity index is 173. The summed E-state index contributed by atoms with van der Waals surface area (Å²) in [5, 5.41) is 3.39. The van der Waals surface area contributed by atoms with Crippen molar-refractivity contribution in [3.63, 3.8) is 0 Å². The van der Waals surface area contributed by atoms with Crippen LogP contribution in [0.15, 0.2) is 0 Å². The summed E-state index contributed by atoms with van der Waals surface area (Å²) in [6.45, 7) is 11.3. The number of ketones is 1. The number of carbonyl (C=O) groups is 1. The predicted octanol–water partition coefficient (Wildman–Crippen LogP) is 2.33. The van der Waals surface area contributed by atoms with Gasteiger partial charge in [-0.25, -0.2) is 0 Å². The van der Waals surface area contributed by atoms with Crippen LogP contribution in [0.5, 0.6) is 0 Å². The van der Waals surface area contributed by atoms with E-state index in [1.807, 2.05) is 13.8 Å². The van der Waals surface area contributed by atoms with Crippen molar-refractivity contribution in [2.45, 2.75) is 40.2 Å². The van der Waals surface area contributed by atoms with Gasteiger partial charge in [0.2, 0.25) is 0 Å². The van der Waals surface area contributed by atoms with Crippen LogP contribution in [-0.4, -0.2) is 29.4 Å². The zero-order valence-corrected chi connectivity index (χ0v) is 10.8. The molecule has 0 heterocycles. The number of Topliss-reactive ketones (excluding diaryl/α,β-unsaturated/α-hetero) is 1. The molecule has 0 aliphatic carbocycles. The Morgan fingerprint density at radius 3 is 2.36 bits per heavy atom. The lowest BCUT2D eigenvalue weighted by Crippen LogP contribution is -2.37. The summed E-state index contributed by atoms with van der Waals surface area (Å²) in [5.41, 5.74) is 0.183. The number of thioether (sulfide) groups is 1. The summed E-state index contributed by atoms with van der Waals surface area (Å²) in [4.78, 5) is 11.3. The van der Waals surface area contributed by atoms with E-state index in [0.29, 0.717) is 11.5 Å². The van der Waals surface area contributed by atoms with E-state index >= 15 is 0 Å². The molecule has 0 spiro atoms. The second-order valence-electron chi connectivity index (χ2n) is 4.85. The van der Waals surface area contributed by atoms with E-state index in [0.717, 1.165) is 12.3 Å². The first kappa shape index (κ1) is 14.0. The number of hydrogen-bond acceptors (Lipinski definition) is 3. The molecule has 0 saturated carbocycles. The average Bonchev–Trinajstić information content (AvgIpc) is 2.01. The van der Waals surface area contributed by atoms with E-state index in [1.165, 1.54) is 0 Å². The van der Waals surface area contributed by atoms with Crippen molar-refractivity contribution < 1.29 is 4.79 Å². The second-order valence-corrected chi connectivity index (χ2v) is 5.96. The third-order valence-electron chi connectivity index (χ3n) is 1.79. The van der Waals surface area contributed by atoms with Crippen LogP contribution in [0, 0.1) is 5.92 Å². The molecule has 84 valence electrons. The SMILES string of the molecule is CC(C)C(=O)CSCCNC(C)(C)C. The third-order valence-corrected chi connectivity index (χ3v) is 2.77. The quantitative estimate of drug-likeness (QED) is 0.692. The average molecular weight is 217 g/mol. The van der Waals surface area contributed by atoms with Crippen LogP contribution in [0.2, 0.25) is 0 Å². The molecule has 3 heteroatoms. The fourth-order valence-corrected chi connectivity index (χ4v) is 1.76. The van der Waals surface area contributed by atoms with Gasteiger partial charge in [0.1, 0.15) is 5.78 Å². The van der Waals surface area contributed by atoms with Crippen molar-refractivity contribution in [1.29, 1.82) is 0 Å². The summed E-state index contributed by atoms with van der Waals surface area (Å²) >= 11 is 1.72. The van der Waals surface area contributed by atoms with Gasteiger partial charge in [0.05, 0.1) is 5.75 Å². The standard InChI is InChI=1S/C11H23NOS/c1-9(2)10(13)8-14-7-6-12-11(3,4)5/h9,12H,6-8H2,1-5H3. The normalized spacial score (nSPS) is 12.1. The number of rotatable bonds is 6. The van der Waals surface area contributed by atoms with Gasteiger partial charge in [0, 0.05) is 23.8 Å². The lowest BCUT2D eigenvalue weighted by atomic mass is 10.1. The van der Waals surface area contributed by atoms with Crippen molar-refractivity contribution in [1.82, 2.24) is 5.32 Å². The maximum Gasteiger partial charge on any atom is 0.145 e. The molecule has 14 heavy (non-hydrogen) atoms. The summed E-state index contributed by atoms with van der Waals surface area (Å²) in [6.07, 6.45) is 0. The predicted molar refractivity (Wildman–Crippen MR) is 64.9 cm³/mol. The van der Waals surface area contributed by atoms with E-state index in [1.54, 1.807) is 11.8 Å². The Morgan fingerprint density at radius 2 is 1.93 bits per heavy atom. The van der Waals surface area contributed by atoms with Gasteiger partial charge in [-0.3, -0.25) is 4.79 Å². The second kappa shape index (κ2) is 6.46. The molecular weight excluding hydrogens is 194 g/mol. The fraction of sp³-hybridized carbons (Fsp3) is 0.909. The third kappa shape index (κ3) is 8.57. The molecule has 0 rings (SSSR count). The molecule has 0 radical (unpaired) electrons. The molecule has 1 N–H and O–H groups in total. The highest BCUT2D eigenvalue weighted by Crippen LogP contribution is 2.05. The Labute approximate surface area is 92.2 Å². The molecule has 0 unspecified atom stereocenters. The topological polar surface area (TPSA) is 29.1 Å². The molecule has 0 saturated heterocycles. The lowest BCUT2D eigenvalue weighted by molar-refractivity contribution is -0.119. The van der Waals surface area contributed by atoms with Gasteiger partial charge in [-0.2, -0.15) is 11.8 Å². The molecule has 0 aromatic rings. The van der Waals surface area contributed by atoms with Gasteiger partial charge in [0.25, 0.3) is 0 Å². The Hall–Kier alpha value is -0.0200. The molecular formula is C11H23NOS. The minimum absolute atomic E-state index is 0.179. The Morgan fingerprint density at radius 1 is 1.36 bits per heavy atom. The van der Waals surface area contributed by atoms with E-state index in [-0.39, 0.29) is 11.5 Å². The van der Waals surface area contributed by atoms with Crippen LogP contribution in [0.1, 0.15) is 34.6 Å². The number of nitrogens with one attached hydrogen (secondary N) is 1. The van der Waals surface area contributed by atoms with Crippen LogP contribution < -0.4 is 5.32 Å². The number of hydrogen-bond donors (Lipinski definition) is 1. The molecule has 0 atom stereocenters.